The van der Waals surface area contributed by atoms with Gasteiger partial charge in [0, 0.05) is 7.05 Å². The van der Waals surface area contributed by atoms with Crippen LogP contribution in [0.15, 0.2) is 29.3 Å². The monoisotopic (exact) mass is 279 g/mol. The van der Waals surface area contributed by atoms with Crippen molar-refractivity contribution >= 4 is 15.7 Å². The lowest BCUT2D eigenvalue weighted by molar-refractivity contribution is 0.600. The van der Waals surface area contributed by atoms with Gasteiger partial charge in [-0.05, 0) is 31.9 Å². The summed E-state index contributed by atoms with van der Waals surface area (Å²) in [5, 5.41) is 3.97. The van der Waals surface area contributed by atoms with E-state index in [0.717, 1.165) is 11.1 Å². The summed E-state index contributed by atoms with van der Waals surface area (Å²) in [4.78, 5) is 0.206. The third-order valence-corrected chi connectivity index (χ3v) is 4.65. The van der Waals surface area contributed by atoms with Crippen molar-refractivity contribution in [3.63, 3.8) is 0 Å². The first-order chi connectivity index (χ1) is 8.83. The third kappa shape index (κ3) is 2.49. The Kier molecular flexibility index (Phi) is 3.36. The van der Waals surface area contributed by atoms with Gasteiger partial charge in [0.25, 0.3) is 10.0 Å². The van der Waals surface area contributed by atoms with Gasteiger partial charge >= 0.3 is 0 Å². The summed E-state index contributed by atoms with van der Waals surface area (Å²) in [6, 6.07) is 5.65. The van der Waals surface area contributed by atoms with Gasteiger partial charge in [-0.25, -0.2) is 8.42 Å². The zero-order valence-electron chi connectivity index (χ0n) is 11.4. The number of para-hydroxylation sites is 1. The number of anilines is 1. The van der Waals surface area contributed by atoms with Gasteiger partial charge in [-0.1, -0.05) is 18.2 Å². The molecule has 2 rings (SSSR count). The molecule has 1 heterocycles. The topological polar surface area (TPSA) is 64.0 Å². The SMILES string of the molecule is Cc1cccc(C)c1NS(=O)(=O)c1cnn(C)c1C. The first kappa shape index (κ1) is 13.6. The normalized spacial score (nSPS) is 11.6. The van der Waals surface area contributed by atoms with E-state index in [1.54, 1.807) is 18.7 Å². The highest BCUT2D eigenvalue weighted by atomic mass is 32.2. The number of sulfonamides is 1. The fraction of sp³-hybridized carbons (Fsp3) is 0.308. The van der Waals surface area contributed by atoms with Crippen LogP contribution in [0.3, 0.4) is 0 Å². The second kappa shape index (κ2) is 4.70. The Morgan fingerprint density at radius 2 is 1.74 bits per heavy atom. The second-order valence-corrected chi connectivity index (χ2v) is 6.24. The Morgan fingerprint density at radius 3 is 2.21 bits per heavy atom. The molecule has 0 bridgehead atoms. The Labute approximate surface area is 113 Å². The van der Waals surface area contributed by atoms with Crippen LogP contribution < -0.4 is 4.72 Å². The first-order valence-corrected chi connectivity index (χ1v) is 7.39. The summed E-state index contributed by atoms with van der Waals surface area (Å²) in [5.41, 5.74) is 3.03. The summed E-state index contributed by atoms with van der Waals surface area (Å²) in [6.07, 6.45) is 1.37. The van der Waals surface area contributed by atoms with Gasteiger partial charge in [0.05, 0.1) is 17.6 Å². The summed E-state index contributed by atoms with van der Waals surface area (Å²) in [5.74, 6) is 0. The van der Waals surface area contributed by atoms with Crippen molar-refractivity contribution in [2.45, 2.75) is 25.7 Å². The molecule has 0 spiro atoms. The second-order valence-electron chi connectivity index (χ2n) is 4.59. The third-order valence-electron chi connectivity index (χ3n) is 3.20. The van der Waals surface area contributed by atoms with Gasteiger partial charge in [-0.15, -0.1) is 0 Å². The van der Waals surface area contributed by atoms with Crippen LogP contribution in [0.25, 0.3) is 0 Å². The van der Waals surface area contributed by atoms with E-state index < -0.39 is 10.0 Å². The van der Waals surface area contributed by atoms with Gasteiger partial charge in [-0.2, -0.15) is 5.10 Å². The van der Waals surface area contributed by atoms with Crippen molar-refractivity contribution in [1.29, 1.82) is 0 Å². The molecule has 102 valence electrons. The fourth-order valence-electron chi connectivity index (χ4n) is 1.91. The predicted molar refractivity (Wildman–Crippen MR) is 74.7 cm³/mol. The number of benzene rings is 1. The van der Waals surface area contributed by atoms with E-state index in [1.165, 1.54) is 6.20 Å². The number of rotatable bonds is 3. The molecule has 0 atom stereocenters. The van der Waals surface area contributed by atoms with Crippen molar-refractivity contribution in [2.75, 3.05) is 4.72 Å². The summed E-state index contributed by atoms with van der Waals surface area (Å²) in [6.45, 7) is 5.48. The minimum atomic E-state index is -3.60. The van der Waals surface area contributed by atoms with Crippen LogP contribution in [0, 0.1) is 20.8 Å². The molecule has 0 aliphatic carbocycles. The van der Waals surface area contributed by atoms with E-state index in [4.69, 9.17) is 0 Å². The molecule has 1 aromatic heterocycles. The van der Waals surface area contributed by atoms with E-state index in [-0.39, 0.29) is 4.90 Å². The van der Waals surface area contributed by atoms with E-state index in [0.29, 0.717) is 11.4 Å². The van der Waals surface area contributed by atoms with Crippen molar-refractivity contribution in [1.82, 2.24) is 9.78 Å². The number of aromatic nitrogens is 2. The maximum absolute atomic E-state index is 12.4. The molecule has 6 heteroatoms. The molecule has 0 saturated carbocycles. The number of aryl methyl sites for hydroxylation is 3. The Morgan fingerprint density at radius 1 is 1.16 bits per heavy atom. The standard InChI is InChI=1S/C13H17N3O2S/c1-9-6-5-7-10(2)13(9)15-19(17,18)12-8-14-16(4)11(12)3/h5-8,15H,1-4H3. The lowest BCUT2D eigenvalue weighted by atomic mass is 10.1. The maximum atomic E-state index is 12.4. The molecule has 0 aliphatic rings. The highest BCUT2D eigenvalue weighted by Gasteiger charge is 2.21. The van der Waals surface area contributed by atoms with E-state index in [2.05, 4.69) is 9.82 Å². The number of nitrogens with zero attached hydrogens (tertiary/aromatic N) is 2. The Bertz CT molecular complexity index is 697. The van der Waals surface area contributed by atoms with Crippen LogP contribution in [0.2, 0.25) is 0 Å². The highest BCUT2D eigenvalue weighted by molar-refractivity contribution is 7.92. The lowest BCUT2D eigenvalue weighted by Gasteiger charge is -2.12. The van der Waals surface area contributed by atoms with Gasteiger partial charge in [0.2, 0.25) is 0 Å². The van der Waals surface area contributed by atoms with Crippen LogP contribution >= 0.6 is 0 Å². The van der Waals surface area contributed by atoms with Gasteiger partial charge in [-0.3, -0.25) is 9.40 Å². The summed E-state index contributed by atoms with van der Waals surface area (Å²) >= 11 is 0. The number of nitrogens with one attached hydrogen (secondary N) is 1. The molecule has 0 radical (unpaired) electrons. The molecular formula is C13H17N3O2S. The molecule has 1 aromatic carbocycles. The molecule has 0 unspecified atom stereocenters. The van der Waals surface area contributed by atoms with Crippen molar-refractivity contribution in [3.8, 4) is 0 Å². The van der Waals surface area contributed by atoms with Crippen LogP contribution in [-0.4, -0.2) is 18.2 Å². The predicted octanol–water partition coefficient (Wildman–Crippen LogP) is 2.15. The van der Waals surface area contributed by atoms with Crippen molar-refractivity contribution in [2.24, 2.45) is 7.05 Å². The average Bonchev–Trinajstić information content (AvgIpc) is 2.66. The molecule has 0 saturated heterocycles. The molecule has 1 N–H and O–H groups in total. The molecule has 19 heavy (non-hydrogen) atoms. The summed E-state index contributed by atoms with van der Waals surface area (Å²) < 4.78 is 28.9. The quantitative estimate of drug-likeness (QED) is 0.936. The lowest BCUT2D eigenvalue weighted by Crippen LogP contribution is -2.15. The van der Waals surface area contributed by atoms with Crippen LogP contribution in [0.1, 0.15) is 16.8 Å². The molecule has 2 aromatic rings. The molecule has 0 aliphatic heterocycles. The molecule has 5 nitrogen and oxygen atoms in total. The van der Waals surface area contributed by atoms with Crippen molar-refractivity contribution in [3.05, 3.63) is 41.2 Å². The largest absolute Gasteiger partial charge is 0.279 e. The molecule has 0 fully saturated rings. The smallest absolute Gasteiger partial charge is 0.265 e. The van der Waals surface area contributed by atoms with Gasteiger partial charge in [0.15, 0.2) is 0 Å². The molecule has 0 amide bonds. The van der Waals surface area contributed by atoms with Gasteiger partial charge in [0.1, 0.15) is 4.90 Å². The van der Waals surface area contributed by atoms with E-state index in [1.807, 2.05) is 32.0 Å². The Balaban J connectivity index is 2.46. The van der Waals surface area contributed by atoms with E-state index in [9.17, 15) is 8.42 Å². The maximum Gasteiger partial charge on any atom is 0.265 e. The zero-order valence-corrected chi connectivity index (χ0v) is 12.2. The highest BCUT2D eigenvalue weighted by Crippen LogP contribution is 2.24. The first-order valence-electron chi connectivity index (χ1n) is 5.90. The van der Waals surface area contributed by atoms with Crippen LogP contribution in [-0.2, 0) is 17.1 Å². The summed E-state index contributed by atoms with van der Waals surface area (Å²) in [7, 11) is -1.89. The number of hydrogen-bond donors (Lipinski definition) is 1. The minimum absolute atomic E-state index is 0.206. The molecular weight excluding hydrogens is 262 g/mol. The zero-order chi connectivity index (χ0) is 14.2. The van der Waals surface area contributed by atoms with Gasteiger partial charge < -0.3 is 0 Å². The van der Waals surface area contributed by atoms with Crippen LogP contribution in [0.4, 0.5) is 5.69 Å². The fourth-order valence-corrected chi connectivity index (χ4v) is 3.31. The van der Waals surface area contributed by atoms with Crippen molar-refractivity contribution < 1.29 is 8.42 Å². The van der Waals surface area contributed by atoms with Crippen LogP contribution in [0.5, 0.6) is 0 Å². The average molecular weight is 279 g/mol. The van der Waals surface area contributed by atoms with E-state index >= 15 is 0 Å². The Hall–Kier alpha value is -1.82. The number of hydrogen-bond acceptors (Lipinski definition) is 3. The minimum Gasteiger partial charge on any atom is -0.279 e.